The summed E-state index contributed by atoms with van der Waals surface area (Å²) >= 11 is 3.06. The van der Waals surface area contributed by atoms with Gasteiger partial charge < -0.3 is 5.32 Å². The third kappa shape index (κ3) is 4.47. The van der Waals surface area contributed by atoms with Crippen molar-refractivity contribution in [1.29, 1.82) is 0 Å². The summed E-state index contributed by atoms with van der Waals surface area (Å²) in [6.07, 6.45) is -2.94. The molecule has 0 amide bonds. The number of nitrogens with zero attached hydrogens (tertiary/aromatic N) is 2. The van der Waals surface area contributed by atoms with E-state index in [0.717, 1.165) is 6.20 Å². The van der Waals surface area contributed by atoms with Crippen molar-refractivity contribution in [3.8, 4) is 0 Å². The Morgan fingerprint density at radius 3 is 2.67 bits per heavy atom. The molecular weight excluding hydrogens is 319 g/mol. The van der Waals surface area contributed by atoms with Crippen LogP contribution in [0.2, 0.25) is 0 Å². The number of aromatic nitrogens is 1. The van der Waals surface area contributed by atoms with E-state index in [1.807, 2.05) is 0 Å². The minimum atomic E-state index is -4.22. The summed E-state index contributed by atoms with van der Waals surface area (Å²) in [6, 6.07) is 0. The molecule has 1 heterocycles. The highest BCUT2D eigenvalue weighted by Crippen LogP contribution is 2.31. The third-order valence-corrected chi connectivity index (χ3v) is 2.62. The predicted octanol–water partition coefficient (Wildman–Crippen LogP) is 3.51. The zero-order valence-corrected chi connectivity index (χ0v) is 10.6. The summed E-state index contributed by atoms with van der Waals surface area (Å²) in [4.78, 5) is 13.7. The number of anilines is 1. The minimum absolute atomic E-state index is 0.0109. The molecule has 1 rings (SSSR count). The van der Waals surface area contributed by atoms with Gasteiger partial charge in [0.25, 0.3) is 0 Å². The van der Waals surface area contributed by atoms with Crippen LogP contribution in [0.25, 0.3) is 0 Å². The van der Waals surface area contributed by atoms with Gasteiger partial charge >= 0.3 is 11.9 Å². The van der Waals surface area contributed by atoms with Crippen molar-refractivity contribution < 1.29 is 18.1 Å². The van der Waals surface area contributed by atoms with Crippen molar-refractivity contribution in [3.05, 3.63) is 27.0 Å². The summed E-state index contributed by atoms with van der Waals surface area (Å²) in [6.45, 7) is -0.0109. The average molecular weight is 328 g/mol. The van der Waals surface area contributed by atoms with Crippen molar-refractivity contribution in [1.82, 2.24) is 4.98 Å². The van der Waals surface area contributed by atoms with Crippen LogP contribution in [0.3, 0.4) is 0 Å². The van der Waals surface area contributed by atoms with Crippen LogP contribution >= 0.6 is 15.9 Å². The van der Waals surface area contributed by atoms with Crippen LogP contribution in [0.1, 0.15) is 12.8 Å². The molecule has 0 aromatic carbocycles. The smallest absolute Gasteiger partial charge is 0.378 e. The molecule has 1 aromatic rings. The molecule has 1 aromatic heterocycles. The summed E-state index contributed by atoms with van der Waals surface area (Å²) in [5.74, 6) is 0. The molecular formula is C9H9BrF3N3O2. The highest BCUT2D eigenvalue weighted by molar-refractivity contribution is 9.10. The van der Waals surface area contributed by atoms with E-state index in [1.54, 1.807) is 0 Å². The first-order valence-corrected chi connectivity index (χ1v) is 5.69. The Hall–Kier alpha value is -1.38. The Labute approximate surface area is 109 Å². The number of nitrogens with one attached hydrogen (secondary N) is 1. The number of halogens is 4. The molecule has 0 radical (unpaired) electrons. The molecule has 0 unspecified atom stereocenters. The molecule has 0 saturated heterocycles. The van der Waals surface area contributed by atoms with Gasteiger partial charge in [0.05, 0.1) is 9.40 Å². The molecule has 1 N–H and O–H groups in total. The lowest BCUT2D eigenvalue weighted by Gasteiger charge is -2.09. The van der Waals surface area contributed by atoms with Crippen molar-refractivity contribution >= 4 is 27.3 Å². The maximum Gasteiger partial charge on any atom is 0.389 e. The second-order valence-electron chi connectivity index (χ2n) is 3.42. The molecule has 0 aliphatic rings. The lowest BCUT2D eigenvalue weighted by Crippen LogP contribution is -2.11. The molecule has 0 spiro atoms. The first-order chi connectivity index (χ1) is 8.31. The third-order valence-electron chi connectivity index (χ3n) is 2.02. The second kappa shape index (κ2) is 5.98. The molecule has 0 saturated carbocycles. The van der Waals surface area contributed by atoms with Crippen LogP contribution in [-0.2, 0) is 0 Å². The van der Waals surface area contributed by atoms with Crippen molar-refractivity contribution in [2.24, 2.45) is 0 Å². The van der Waals surface area contributed by atoms with E-state index in [4.69, 9.17) is 0 Å². The van der Waals surface area contributed by atoms with Crippen LogP contribution in [0.5, 0.6) is 0 Å². The van der Waals surface area contributed by atoms with Crippen LogP contribution in [-0.4, -0.2) is 22.6 Å². The van der Waals surface area contributed by atoms with E-state index in [-0.39, 0.29) is 24.3 Å². The molecule has 0 atom stereocenters. The summed E-state index contributed by atoms with van der Waals surface area (Å²) in [5.41, 5.74) is -0.145. The predicted molar refractivity (Wildman–Crippen MR) is 62.4 cm³/mol. The summed E-state index contributed by atoms with van der Waals surface area (Å²) in [5, 5.41) is 13.3. The van der Waals surface area contributed by atoms with Gasteiger partial charge in [0.2, 0.25) is 0 Å². The van der Waals surface area contributed by atoms with E-state index in [2.05, 4.69) is 26.2 Å². The van der Waals surface area contributed by atoms with Gasteiger partial charge in [0.1, 0.15) is 11.9 Å². The van der Waals surface area contributed by atoms with Gasteiger partial charge in [-0.05, 0) is 22.4 Å². The summed E-state index contributed by atoms with van der Waals surface area (Å²) in [7, 11) is 0. The van der Waals surface area contributed by atoms with Gasteiger partial charge in [0.15, 0.2) is 0 Å². The lowest BCUT2D eigenvalue weighted by molar-refractivity contribution is -0.384. The van der Waals surface area contributed by atoms with Crippen LogP contribution < -0.4 is 5.32 Å². The monoisotopic (exact) mass is 327 g/mol. The molecule has 0 bridgehead atoms. The van der Waals surface area contributed by atoms with Crippen molar-refractivity contribution in [2.75, 3.05) is 11.9 Å². The van der Waals surface area contributed by atoms with Gasteiger partial charge in [-0.15, -0.1) is 0 Å². The van der Waals surface area contributed by atoms with Crippen LogP contribution in [0, 0.1) is 10.1 Å². The Morgan fingerprint density at radius 2 is 2.11 bits per heavy atom. The zero-order chi connectivity index (χ0) is 13.8. The Balaban J connectivity index is 2.64. The van der Waals surface area contributed by atoms with E-state index >= 15 is 0 Å². The maximum atomic E-state index is 11.9. The molecule has 9 heteroatoms. The topological polar surface area (TPSA) is 68.1 Å². The lowest BCUT2D eigenvalue weighted by atomic mass is 10.3. The molecule has 18 heavy (non-hydrogen) atoms. The number of hydrogen-bond acceptors (Lipinski definition) is 4. The number of rotatable bonds is 5. The largest absolute Gasteiger partial charge is 0.389 e. The fourth-order valence-electron chi connectivity index (χ4n) is 1.24. The second-order valence-corrected chi connectivity index (χ2v) is 4.27. The Kier molecular flexibility index (Phi) is 4.88. The Bertz CT molecular complexity index is 440. The molecule has 100 valence electrons. The quantitative estimate of drug-likeness (QED) is 0.510. The highest BCUT2D eigenvalue weighted by atomic mass is 79.9. The minimum Gasteiger partial charge on any atom is -0.378 e. The molecule has 5 nitrogen and oxygen atoms in total. The molecule has 0 aliphatic heterocycles. The number of hydrogen-bond donors (Lipinski definition) is 1. The van der Waals surface area contributed by atoms with Crippen LogP contribution in [0.4, 0.5) is 24.5 Å². The van der Waals surface area contributed by atoms with E-state index in [0.29, 0.717) is 4.47 Å². The van der Waals surface area contributed by atoms with Crippen LogP contribution in [0.15, 0.2) is 16.9 Å². The zero-order valence-electron chi connectivity index (χ0n) is 9.00. The maximum absolute atomic E-state index is 11.9. The standard InChI is InChI=1S/C9H9BrF3N3O2/c10-6-4-14-5-7(16(17)18)8(6)15-3-1-2-9(11,12)13/h4-5H,1-3H2,(H,14,15). The number of pyridine rings is 1. The van der Waals surface area contributed by atoms with E-state index in [1.165, 1.54) is 6.20 Å². The van der Waals surface area contributed by atoms with Crippen molar-refractivity contribution in [3.63, 3.8) is 0 Å². The number of nitro groups is 1. The van der Waals surface area contributed by atoms with E-state index < -0.39 is 17.5 Å². The van der Waals surface area contributed by atoms with Crippen molar-refractivity contribution in [2.45, 2.75) is 19.0 Å². The molecule has 0 fully saturated rings. The highest BCUT2D eigenvalue weighted by Gasteiger charge is 2.26. The van der Waals surface area contributed by atoms with Gasteiger partial charge in [-0.25, -0.2) is 0 Å². The van der Waals surface area contributed by atoms with Gasteiger partial charge in [-0.3, -0.25) is 15.1 Å². The van der Waals surface area contributed by atoms with Gasteiger partial charge in [-0.1, -0.05) is 0 Å². The molecule has 0 aliphatic carbocycles. The fourth-order valence-corrected chi connectivity index (χ4v) is 1.70. The SMILES string of the molecule is O=[N+]([O-])c1cncc(Br)c1NCCCC(F)(F)F. The first kappa shape index (κ1) is 14.7. The summed E-state index contributed by atoms with van der Waals surface area (Å²) < 4.78 is 36.1. The number of alkyl halides is 3. The Morgan fingerprint density at radius 1 is 1.44 bits per heavy atom. The van der Waals surface area contributed by atoms with Gasteiger partial charge in [0, 0.05) is 19.2 Å². The normalized spacial score (nSPS) is 11.3. The average Bonchev–Trinajstić information content (AvgIpc) is 2.24. The van der Waals surface area contributed by atoms with Gasteiger partial charge in [-0.2, -0.15) is 13.2 Å². The first-order valence-electron chi connectivity index (χ1n) is 4.90. The van der Waals surface area contributed by atoms with E-state index in [9.17, 15) is 23.3 Å². The fraction of sp³-hybridized carbons (Fsp3) is 0.444.